The third kappa shape index (κ3) is 2.90. The van der Waals surface area contributed by atoms with E-state index in [4.69, 9.17) is 0 Å². The minimum absolute atomic E-state index is 0.0571. The Labute approximate surface area is 119 Å². The average Bonchev–Trinajstić information content (AvgIpc) is 2.64. The van der Waals surface area contributed by atoms with Gasteiger partial charge in [-0.25, -0.2) is 9.59 Å². The van der Waals surface area contributed by atoms with Crippen LogP contribution in [0.4, 0.5) is 4.79 Å². The third-order valence-electron chi connectivity index (χ3n) is 4.60. The van der Waals surface area contributed by atoms with Crippen LogP contribution in [-0.2, 0) is 4.79 Å². The second-order valence-corrected chi connectivity index (χ2v) is 5.89. The zero-order valence-corrected chi connectivity index (χ0v) is 12.0. The van der Waals surface area contributed by atoms with Crippen LogP contribution in [-0.4, -0.2) is 63.8 Å². The van der Waals surface area contributed by atoms with Crippen LogP contribution in [0.1, 0.15) is 39.0 Å². The van der Waals surface area contributed by atoms with Crippen LogP contribution in [0, 0.1) is 5.92 Å². The number of rotatable bonds is 2. The number of urea groups is 1. The molecule has 3 atom stereocenters. The molecule has 0 radical (unpaired) electrons. The number of likely N-dealkylation sites (tertiary alicyclic amines) is 2. The molecule has 20 heavy (non-hydrogen) atoms. The van der Waals surface area contributed by atoms with Gasteiger partial charge in [0.05, 0.1) is 12.6 Å². The third-order valence-corrected chi connectivity index (χ3v) is 4.60. The number of carbonyl (C=O) groups excluding carboxylic acids is 1. The molecule has 0 aromatic rings. The zero-order chi connectivity index (χ0) is 14.7. The lowest BCUT2D eigenvalue weighted by atomic mass is 10.0. The molecule has 0 aliphatic carbocycles. The van der Waals surface area contributed by atoms with Crippen molar-refractivity contribution in [3.8, 4) is 0 Å². The van der Waals surface area contributed by atoms with E-state index in [0.29, 0.717) is 19.5 Å². The molecule has 2 aliphatic heterocycles. The van der Waals surface area contributed by atoms with E-state index in [2.05, 4.69) is 0 Å². The van der Waals surface area contributed by atoms with E-state index in [0.717, 1.165) is 25.7 Å². The van der Waals surface area contributed by atoms with Gasteiger partial charge in [-0.3, -0.25) is 0 Å². The Morgan fingerprint density at radius 3 is 2.50 bits per heavy atom. The van der Waals surface area contributed by atoms with Gasteiger partial charge in [0.25, 0.3) is 0 Å². The van der Waals surface area contributed by atoms with Crippen LogP contribution >= 0.6 is 0 Å². The maximum Gasteiger partial charge on any atom is 0.326 e. The minimum atomic E-state index is -0.923. The molecule has 2 fully saturated rings. The quantitative estimate of drug-likeness (QED) is 0.796. The number of aliphatic hydroxyl groups excluding tert-OH is 1. The summed E-state index contributed by atoms with van der Waals surface area (Å²) < 4.78 is 0. The Morgan fingerprint density at radius 2 is 1.85 bits per heavy atom. The molecule has 0 bridgehead atoms. The summed E-state index contributed by atoms with van der Waals surface area (Å²) in [6.07, 6.45) is 4.05. The number of hydrogen-bond acceptors (Lipinski definition) is 3. The Bertz CT molecular complexity index is 374. The predicted molar refractivity (Wildman–Crippen MR) is 73.4 cm³/mol. The van der Waals surface area contributed by atoms with Crippen LogP contribution in [0.3, 0.4) is 0 Å². The van der Waals surface area contributed by atoms with E-state index in [1.807, 2.05) is 6.92 Å². The Morgan fingerprint density at radius 1 is 1.10 bits per heavy atom. The van der Waals surface area contributed by atoms with Crippen LogP contribution in [0.5, 0.6) is 0 Å². The highest BCUT2D eigenvalue weighted by atomic mass is 16.4. The molecule has 2 heterocycles. The van der Waals surface area contributed by atoms with Gasteiger partial charge in [-0.05, 0) is 25.2 Å². The number of aliphatic carboxylic acids is 1. The van der Waals surface area contributed by atoms with Crippen molar-refractivity contribution in [3.63, 3.8) is 0 Å². The summed E-state index contributed by atoms with van der Waals surface area (Å²) in [6, 6.07) is -1.12. The first-order valence-electron chi connectivity index (χ1n) is 7.47. The molecular formula is C14H24N2O4. The molecule has 0 aromatic heterocycles. The average molecular weight is 284 g/mol. The Kier molecular flexibility index (Phi) is 4.86. The fourth-order valence-electron chi connectivity index (χ4n) is 3.28. The molecule has 2 saturated heterocycles. The highest BCUT2D eigenvalue weighted by Gasteiger charge is 2.39. The second-order valence-electron chi connectivity index (χ2n) is 5.89. The molecule has 2 aliphatic rings. The number of amides is 2. The lowest BCUT2D eigenvalue weighted by Crippen LogP contribution is -2.53. The number of aliphatic hydroxyl groups is 1. The van der Waals surface area contributed by atoms with Crippen molar-refractivity contribution >= 4 is 12.0 Å². The highest BCUT2D eigenvalue weighted by molar-refractivity contribution is 5.83. The van der Waals surface area contributed by atoms with Crippen LogP contribution in [0.25, 0.3) is 0 Å². The van der Waals surface area contributed by atoms with Crippen LogP contribution in [0.2, 0.25) is 0 Å². The zero-order valence-electron chi connectivity index (χ0n) is 12.0. The van der Waals surface area contributed by atoms with Crippen molar-refractivity contribution in [2.45, 2.75) is 51.1 Å². The van der Waals surface area contributed by atoms with E-state index in [-0.39, 0.29) is 24.6 Å². The summed E-state index contributed by atoms with van der Waals surface area (Å²) in [5.74, 6) is -0.660. The van der Waals surface area contributed by atoms with Crippen molar-refractivity contribution < 1.29 is 19.8 Å². The maximum atomic E-state index is 12.7. The maximum absolute atomic E-state index is 12.7. The first-order valence-corrected chi connectivity index (χ1v) is 7.47. The molecular weight excluding hydrogens is 260 g/mol. The highest BCUT2D eigenvalue weighted by Crippen LogP contribution is 2.27. The number of carboxylic acid groups (broad SMARTS) is 1. The van der Waals surface area contributed by atoms with Gasteiger partial charge < -0.3 is 20.0 Å². The number of nitrogens with zero attached hydrogens (tertiary/aromatic N) is 2. The normalized spacial score (nSPS) is 31.2. The van der Waals surface area contributed by atoms with Gasteiger partial charge in [-0.2, -0.15) is 0 Å². The van der Waals surface area contributed by atoms with Gasteiger partial charge in [0.2, 0.25) is 0 Å². The number of hydrogen-bond donors (Lipinski definition) is 2. The van der Waals surface area contributed by atoms with E-state index < -0.39 is 12.0 Å². The topological polar surface area (TPSA) is 81.1 Å². The van der Waals surface area contributed by atoms with Gasteiger partial charge >= 0.3 is 12.0 Å². The standard InChI is InChI=1S/C14H24N2O4/c1-10-6-8-16(12(10)9-17)14(20)15-7-4-2-3-5-11(15)13(18)19/h10-12,17H,2-9H2,1H3,(H,18,19). The van der Waals surface area contributed by atoms with Crippen LogP contribution in [0.15, 0.2) is 0 Å². The summed E-state index contributed by atoms with van der Waals surface area (Å²) >= 11 is 0. The second kappa shape index (κ2) is 6.43. The molecule has 0 aromatic carbocycles. The SMILES string of the molecule is CC1CCN(C(=O)N2CCCCCC2C(=O)O)C1CO. The van der Waals surface area contributed by atoms with Crippen LogP contribution < -0.4 is 0 Å². The molecule has 0 saturated carbocycles. The lowest BCUT2D eigenvalue weighted by molar-refractivity contribution is -0.142. The monoisotopic (exact) mass is 284 g/mol. The number of carboxylic acids is 1. The number of carbonyl (C=O) groups is 2. The van der Waals surface area contributed by atoms with Crippen molar-refractivity contribution in [1.29, 1.82) is 0 Å². The van der Waals surface area contributed by atoms with Crippen molar-refractivity contribution in [3.05, 3.63) is 0 Å². The molecule has 3 unspecified atom stereocenters. The van der Waals surface area contributed by atoms with E-state index in [1.54, 1.807) is 4.90 Å². The first-order chi connectivity index (χ1) is 9.56. The van der Waals surface area contributed by atoms with E-state index in [9.17, 15) is 19.8 Å². The molecule has 114 valence electrons. The van der Waals surface area contributed by atoms with Crippen molar-refractivity contribution in [2.75, 3.05) is 19.7 Å². The largest absolute Gasteiger partial charge is 0.480 e. The molecule has 2 rings (SSSR count). The summed E-state index contributed by atoms with van der Waals surface area (Å²) in [5, 5.41) is 18.8. The van der Waals surface area contributed by atoms with Gasteiger partial charge in [0, 0.05) is 13.1 Å². The lowest BCUT2D eigenvalue weighted by Gasteiger charge is -2.34. The van der Waals surface area contributed by atoms with Crippen molar-refractivity contribution in [2.24, 2.45) is 5.92 Å². The smallest absolute Gasteiger partial charge is 0.326 e. The summed E-state index contributed by atoms with van der Waals surface area (Å²) in [5.41, 5.74) is 0. The molecule has 2 amide bonds. The first kappa shape index (κ1) is 15.1. The van der Waals surface area contributed by atoms with Crippen molar-refractivity contribution in [1.82, 2.24) is 9.80 Å². The van der Waals surface area contributed by atoms with Gasteiger partial charge in [0.1, 0.15) is 6.04 Å². The summed E-state index contributed by atoms with van der Waals surface area (Å²) in [6.45, 7) is 3.07. The van der Waals surface area contributed by atoms with Gasteiger partial charge in [-0.1, -0.05) is 19.8 Å². The molecule has 6 heteroatoms. The van der Waals surface area contributed by atoms with E-state index >= 15 is 0 Å². The molecule has 6 nitrogen and oxygen atoms in total. The Hall–Kier alpha value is -1.30. The summed E-state index contributed by atoms with van der Waals surface area (Å²) in [4.78, 5) is 27.2. The van der Waals surface area contributed by atoms with Gasteiger partial charge in [0.15, 0.2) is 0 Å². The van der Waals surface area contributed by atoms with Gasteiger partial charge in [-0.15, -0.1) is 0 Å². The fourth-order valence-corrected chi connectivity index (χ4v) is 3.28. The molecule has 2 N–H and O–H groups in total. The fraction of sp³-hybridized carbons (Fsp3) is 0.857. The Balaban J connectivity index is 2.14. The van der Waals surface area contributed by atoms with E-state index in [1.165, 1.54) is 4.90 Å². The molecule has 0 spiro atoms. The minimum Gasteiger partial charge on any atom is -0.480 e. The summed E-state index contributed by atoms with van der Waals surface area (Å²) in [7, 11) is 0. The predicted octanol–water partition coefficient (Wildman–Crippen LogP) is 1.14.